The van der Waals surface area contributed by atoms with Gasteiger partial charge in [0.25, 0.3) is 6.47 Å². The van der Waals surface area contributed by atoms with Crippen molar-refractivity contribution in [3.63, 3.8) is 0 Å². The van der Waals surface area contributed by atoms with E-state index in [0.29, 0.717) is 0 Å². The normalized spacial score (nSPS) is 2.40. The summed E-state index contributed by atoms with van der Waals surface area (Å²) in [6, 6.07) is 0. The summed E-state index contributed by atoms with van der Waals surface area (Å²) >= 11 is 0. The summed E-state index contributed by atoms with van der Waals surface area (Å²) < 4.78 is 0. The molecule has 0 heterocycles. The van der Waals surface area contributed by atoms with Gasteiger partial charge in [0.15, 0.2) is 0 Å². The van der Waals surface area contributed by atoms with Crippen LogP contribution in [0.2, 0.25) is 0 Å². The molecule has 0 aliphatic carbocycles. The first-order valence-corrected chi connectivity index (χ1v) is 0.494. The Morgan fingerprint density at radius 2 is 1.60 bits per heavy atom. The maximum atomic E-state index is 8.36. The average molecular weight is 151 g/mol. The summed E-state index contributed by atoms with van der Waals surface area (Å²) in [6.45, 7) is -0.250. The van der Waals surface area contributed by atoms with E-state index in [2.05, 4.69) is 0 Å². The van der Waals surface area contributed by atoms with E-state index in [1.165, 1.54) is 0 Å². The molecule has 0 aromatic carbocycles. The third-order valence-corrected chi connectivity index (χ3v) is 0. The molecule has 0 amide bonds. The van der Waals surface area contributed by atoms with E-state index in [-0.39, 0.29) is 53.1 Å². The Bertz CT molecular complexity index is 17.1. The summed E-state index contributed by atoms with van der Waals surface area (Å²) in [5, 5.41) is 6.89. The SMILES string of the molecule is O=CO.[NaH].[SeH2]. The first kappa shape index (κ1) is 16.7. The third kappa shape index (κ3) is 45.5. The molecule has 0 unspecified atom stereocenters. The van der Waals surface area contributed by atoms with Crippen molar-refractivity contribution in [1.82, 2.24) is 0 Å². The molecule has 0 fully saturated rings. The van der Waals surface area contributed by atoms with E-state index in [1.54, 1.807) is 0 Å². The standard InChI is InChI=1S/CH2O2.Na.H2Se.H/c2-1-3;;;/h1H,(H,2,3);;1H2;. The topological polar surface area (TPSA) is 37.3 Å². The maximum absolute atomic E-state index is 8.36. The van der Waals surface area contributed by atoms with Gasteiger partial charge in [0.05, 0.1) is 0 Å². The van der Waals surface area contributed by atoms with Gasteiger partial charge in [-0.2, -0.15) is 0 Å². The van der Waals surface area contributed by atoms with Gasteiger partial charge in [-0.25, -0.2) is 0 Å². The van der Waals surface area contributed by atoms with E-state index in [1.807, 2.05) is 0 Å². The van der Waals surface area contributed by atoms with Crippen molar-refractivity contribution < 1.29 is 9.90 Å². The van der Waals surface area contributed by atoms with Gasteiger partial charge in [-0.1, -0.05) is 0 Å². The Kier molecular flexibility index (Phi) is 66.9. The second-order valence-electron chi connectivity index (χ2n) is 0.105. The fourth-order valence-electron chi connectivity index (χ4n) is 0. The molecule has 0 atom stereocenters. The fraction of sp³-hybridized carbons (Fsp3) is 0. The van der Waals surface area contributed by atoms with E-state index in [0.717, 1.165) is 0 Å². The monoisotopic (exact) mass is 152 g/mol. The Balaban J connectivity index is -0.0000000200. The summed E-state index contributed by atoms with van der Waals surface area (Å²) in [4.78, 5) is 8.36. The van der Waals surface area contributed by atoms with E-state index in [4.69, 9.17) is 9.90 Å². The van der Waals surface area contributed by atoms with E-state index < -0.39 is 0 Å². The van der Waals surface area contributed by atoms with Crippen LogP contribution < -0.4 is 0 Å². The molecule has 0 bridgehead atoms. The Morgan fingerprint density at radius 1 is 1.60 bits per heavy atom. The van der Waals surface area contributed by atoms with Gasteiger partial charge < -0.3 is 5.11 Å². The molecule has 0 spiro atoms. The van der Waals surface area contributed by atoms with Crippen molar-refractivity contribution in [3.05, 3.63) is 0 Å². The van der Waals surface area contributed by atoms with Gasteiger partial charge >= 0.3 is 46.6 Å². The first-order valence-electron chi connectivity index (χ1n) is 0.494. The molecule has 5 heavy (non-hydrogen) atoms. The van der Waals surface area contributed by atoms with E-state index >= 15 is 0 Å². The molecule has 1 N–H and O–H groups in total. The number of hydrogen-bond acceptors (Lipinski definition) is 1. The molecule has 0 aromatic rings. The molecule has 0 aliphatic heterocycles. The zero-order valence-electron chi connectivity index (χ0n) is 1.93. The van der Waals surface area contributed by atoms with Crippen LogP contribution in [0, 0.1) is 0 Å². The van der Waals surface area contributed by atoms with Gasteiger partial charge in [-0.15, -0.1) is 0 Å². The second-order valence-corrected chi connectivity index (χ2v) is 0.105. The quantitative estimate of drug-likeness (QED) is 0.325. The summed E-state index contributed by atoms with van der Waals surface area (Å²) in [7, 11) is 0. The van der Waals surface area contributed by atoms with Crippen molar-refractivity contribution in [1.29, 1.82) is 0 Å². The number of rotatable bonds is 0. The number of carbonyl (C=O) groups is 1. The van der Waals surface area contributed by atoms with Crippen LogP contribution >= 0.6 is 0 Å². The molecule has 28 valence electrons. The predicted molar refractivity (Wildman–Crippen MR) is 24.4 cm³/mol. The summed E-state index contributed by atoms with van der Waals surface area (Å²) in [6.07, 6.45) is 0. The Labute approximate surface area is 62.7 Å². The molecule has 0 aromatic heterocycles. The average Bonchev–Trinajstić information content (AvgIpc) is 0.918. The molecule has 0 aliphatic rings. The zero-order valence-corrected chi connectivity index (χ0v) is 4.03. The van der Waals surface area contributed by atoms with Gasteiger partial charge in [-0.05, 0) is 0 Å². The number of carboxylic acid groups (broad SMARTS) is 1. The summed E-state index contributed by atoms with van der Waals surface area (Å²) in [5.41, 5.74) is 0. The molecule has 0 saturated heterocycles. The molecule has 0 saturated carbocycles. The number of hydrogen-bond donors (Lipinski definition) is 1. The van der Waals surface area contributed by atoms with E-state index in [9.17, 15) is 0 Å². The fourth-order valence-corrected chi connectivity index (χ4v) is 0. The zero-order chi connectivity index (χ0) is 2.71. The van der Waals surface area contributed by atoms with Crippen LogP contribution in [0.5, 0.6) is 0 Å². The van der Waals surface area contributed by atoms with Crippen molar-refractivity contribution >= 4 is 53.1 Å². The first-order chi connectivity index (χ1) is 1.41. The van der Waals surface area contributed by atoms with Crippen LogP contribution in [0.3, 0.4) is 0 Å². The van der Waals surface area contributed by atoms with Crippen LogP contribution in [0.25, 0.3) is 0 Å². The molecule has 0 radical (unpaired) electrons. The third-order valence-electron chi connectivity index (χ3n) is 0. The Hall–Kier alpha value is 0.989. The minimum absolute atomic E-state index is 0. The van der Waals surface area contributed by atoms with Gasteiger partial charge in [0, 0.05) is 0 Å². The molecular formula is CH5NaO2Se. The van der Waals surface area contributed by atoms with Crippen LogP contribution in [0.15, 0.2) is 0 Å². The second kappa shape index (κ2) is 20.1. The van der Waals surface area contributed by atoms with Gasteiger partial charge in [-0.3, -0.25) is 4.79 Å². The van der Waals surface area contributed by atoms with Crippen LogP contribution in [0.4, 0.5) is 0 Å². The van der Waals surface area contributed by atoms with Crippen molar-refractivity contribution in [2.24, 2.45) is 0 Å². The van der Waals surface area contributed by atoms with Crippen LogP contribution in [-0.4, -0.2) is 58.2 Å². The van der Waals surface area contributed by atoms with Gasteiger partial charge in [0.1, 0.15) is 0 Å². The van der Waals surface area contributed by atoms with Crippen LogP contribution in [-0.2, 0) is 4.79 Å². The molecule has 2 nitrogen and oxygen atoms in total. The van der Waals surface area contributed by atoms with Crippen molar-refractivity contribution in [2.45, 2.75) is 0 Å². The predicted octanol–water partition coefficient (Wildman–Crippen LogP) is -1.86. The molecule has 0 rings (SSSR count). The minimum atomic E-state index is -0.250. The van der Waals surface area contributed by atoms with Gasteiger partial charge in [0.2, 0.25) is 0 Å². The molecular weight excluding hydrogens is 146 g/mol. The van der Waals surface area contributed by atoms with Crippen molar-refractivity contribution in [3.8, 4) is 0 Å². The molecule has 4 heteroatoms. The van der Waals surface area contributed by atoms with Crippen LogP contribution in [0.1, 0.15) is 0 Å². The summed E-state index contributed by atoms with van der Waals surface area (Å²) in [5.74, 6) is 0. The Morgan fingerprint density at radius 3 is 1.60 bits per heavy atom. The van der Waals surface area contributed by atoms with Crippen molar-refractivity contribution in [2.75, 3.05) is 0 Å².